The summed E-state index contributed by atoms with van der Waals surface area (Å²) in [5.74, 6) is 0.0495. The number of hydrogen-bond acceptors (Lipinski definition) is 3. The van der Waals surface area contributed by atoms with Crippen molar-refractivity contribution in [2.24, 2.45) is 0 Å². The van der Waals surface area contributed by atoms with Crippen LogP contribution in [0.5, 0.6) is 0 Å². The lowest BCUT2D eigenvalue weighted by molar-refractivity contribution is 0.0204. The Morgan fingerprint density at radius 1 is 1.30 bits per heavy atom. The first kappa shape index (κ1) is 16.1. The Bertz CT molecular complexity index is 602. The molecule has 1 aromatic rings. The number of fused-ring (bicyclic) bond motifs is 1. The smallest absolute Gasteiger partial charge is 0.410 e. The van der Waals surface area contributed by atoms with E-state index < -0.39 is 5.60 Å². The van der Waals surface area contributed by atoms with Crippen molar-refractivity contribution in [3.8, 4) is 0 Å². The molecule has 23 heavy (non-hydrogen) atoms. The summed E-state index contributed by atoms with van der Waals surface area (Å²) in [5.41, 5.74) is 2.46. The van der Waals surface area contributed by atoms with E-state index in [1.165, 1.54) is 5.56 Å². The van der Waals surface area contributed by atoms with Crippen molar-refractivity contribution in [2.45, 2.75) is 51.6 Å². The Morgan fingerprint density at radius 2 is 2.00 bits per heavy atom. The normalized spacial score (nSPS) is 18.5. The molecule has 5 heteroatoms. The summed E-state index contributed by atoms with van der Waals surface area (Å²) in [7, 11) is 0. The molecule has 0 aliphatic carbocycles. The molecule has 0 aromatic heterocycles. The van der Waals surface area contributed by atoms with E-state index in [1.54, 1.807) is 11.0 Å². The van der Waals surface area contributed by atoms with E-state index in [0.717, 1.165) is 37.1 Å². The maximum Gasteiger partial charge on any atom is 0.410 e. The summed E-state index contributed by atoms with van der Waals surface area (Å²) in [6.07, 6.45) is 2.25. The number of carbonyl (C=O) groups excluding carboxylic acids is 1. The highest BCUT2D eigenvalue weighted by atomic mass is 19.1. The number of likely N-dealkylation sites (tertiary alicyclic amines) is 1. The van der Waals surface area contributed by atoms with Gasteiger partial charge in [0.1, 0.15) is 11.4 Å². The number of piperidine rings is 1. The second-order valence-electron chi connectivity index (χ2n) is 7.45. The zero-order valence-corrected chi connectivity index (χ0v) is 14.1. The summed E-state index contributed by atoms with van der Waals surface area (Å²) < 4.78 is 19.8. The Balaban J connectivity index is 1.64. The van der Waals surface area contributed by atoms with Gasteiger partial charge in [-0.1, -0.05) is 6.07 Å². The summed E-state index contributed by atoms with van der Waals surface area (Å²) in [6.45, 7) is 7.72. The minimum Gasteiger partial charge on any atom is -0.444 e. The first-order valence-electron chi connectivity index (χ1n) is 8.37. The fourth-order valence-electron chi connectivity index (χ4n) is 3.35. The maximum atomic E-state index is 14.4. The molecule has 1 N–H and O–H groups in total. The number of ether oxygens (including phenoxy) is 1. The van der Waals surface area contributed by atoms with E-state index in [1.807, 2.05) is 26.8 Å². The standard InChI is InChI=1S/C18H25FN2O2/c1-18(2,3)23-17(22)21-8-5-12(6-9-21)14-10-13-4-7-20-16(13)11-15(14)19/h10-12,20H,4-9H2,1-3H3. The van der Waals surface area contributed by atoms with Gasteiger partial charge in [0.2, 0.25) is 0 Å². The molecule has 126 valence electrons. The van der Waals surface area contributed by atoms with Gasteiger partial charge in [-0.15, -0.1) is 0 Å². The second-order valence-corrected chi connectivity index (χ2v) is 7.45. The number of amides is 1. The number of halogens is 1. The highest BCUT2D eigenvalue weighted by Crippen LogP contribution is 2.34. The van der Waals surface area contributed by atoms with Crippen LogP contribution in [0.4, 0.5) is 14.9 Å². The third kappa shape index (κ3) is 3.59. The average Bonchev–Trinajstić information content (AvgIpc) is 2.92. The number of hydrogen-bond donors (Lipinski definition) is 1. The van der Waals surface area contributed by atoms with Crippen LogP contribution in [-0.2, 0) is 11.2 Å². The van der Waals surface area contributed by atoms with E-state index in [2.05, 4.69) is 5.32 Å². The number of nitrogens with one attached hydrogen (secondary N) is 1. The van der Waals surface area contributed by atoms with Crippen LogP contribution in [0.3, 0.4) is 0 Å². The third-order valence-electron chi connectivity index (χ3n) is 4.52. The quantitative estimate of drug-likeness (QED) is 0.853. The molecule has 1 aromatic carbocycles. The van der Waals surface area contributed by atoms with Gasteiger partial charge in [-0.3, -0.25) is 0 Å². The van der Waals surface area contributed by atoms with Crippen molar-refractivity contribution in [2.75, 3.05) is 25.0 Å². The molecule has 2 aliphatic heterocycles. The Morgan fingerprint density at radius 3 is 2.65 bits per heavy atom. The fraction of sp³-hybridized carbons (Fsp3) is 0.611. The number of anilines is 1. The van der Waals surface area contributed by atoms with Crippen LogP contribution in [-0.4, -0.2) is 36.2 Å². The number of nitrogens with zero attached hydrogens (tertiary/aromatic N) is 1. The molecule has 0 bridgehead atoms. The van der Waals surface area contributed by atoms with Gasteiger partial charge in [0.25, 0.3) is 0 Å². The van der Waals surface area contributed by atoms with Crippen LogP contribution in [0, 0.1) is 5.82 Å². The highest BCUT2D eigenvalue weighted by molar-refractivity contribution is 5.68. The van der Waals surface area contributed by atoms with E-state index in [9.17, 15) is 9.18 Å². The molecule has 4 nitrogen and oxygen atoms in total. The first-order chi connectivity index (χ1) is 10.8. The average molecular weight is 320 g/mol. The summed E-state index contributed by atoms with van der Waals surface area (Å²) in [4.78, 5) is 13.8. The van der Waals surface area contributed by atoms with Gasteiger partial charge in [-0.25, -0.2) is 9.18 Å². The second kappa shape index (κ2) is 6.02. The molecule has 0 radical (unpaired) electrons. The number of rotatable bonds is 1. The fourth-order valence-corrected chi connectivity index (χ4v) is 3.35. The molecule has 1 saturated heterocycles. The zero-order valence-electron chi connectivity index (χ0n) is 14.1. The Hall–Kier alpha value is -1.78. The van der Waals surface area contributed by atoms with Gasteiger partial charge < -0.3 is 15.0 Å². The lowest BCUT2D eigenvalue weighted by Gasteiger charge is -2.33. The molecule has 0 saturated carbocycles. The monoisotopic (exact) mass is 320 g/mol. The predicted molar refractivity (Wildman–Crippen MR) is 88.4 cm³/mol. The Labute approximate surface area is 137 Å². The topological polar surface area (TPSA) is 41.6 Å². The number of benzene rings is 1. The van der Waals surface area contributed by atoms with Crippen LogP contribution in [0.2, 0.25) is 0 Å². The zero-order chi connectivity index (χ0) is 16.6. The largest absolute Gasteiger partial charge is 0.444 e. The molecule has 2 aliphatic rings. The summed E-state index contributed by atoms with van der Waals surface area (Å²) >= 11 is 0. The lowest BCUT2D eigenvalue weighted by Crippen LogP contribution is -2.41. The molecule has 3 rings (SSSR count). The molecule has 0 atom stereocenters. The molecular formula is C18H25FN2O2. The van der Waals surface area contributed by atoms with Crippen molar-refractivity contribution in [1.29, 1.82) is 0 Å². The van der Waals surface area contributed by atoms with Gasteiger partial charge in [0.15, 0.2) is 0 Å². The maximum absolute atomic E-state index is 14.4. The third-order valence-corrected chi connectivity index (χ3v) is 4.52. The van der Waals surface area contributed by atoms with Crippen LogP contribution in [0.25, 0.3) is 0 Å². The molecule has 0 unspecified atom stereocenters. The van der Waals surface area contributed by atoms with Crippen LogP contribution >= 0.6 is 0 Å². The first-order valence-corrected chi connectivity index (χ1v) is 8.37. The van der Waals surface area contributed by atoms with E-state index >= 15 is 0 Å². The molecule has 2 heterocycles. The molecular weight excluding hydrogens is 295 g/mol. The van der Waals surface area contributed by atoms with E-state index in [0.29, 0.717) is 13.1 Å². The summed E-state index contributed by atoms with van der Waals surface area (Å²) in [5, 5.41) is 3.21. The van der Waals surface area contributed by atoms with Crippen molar-refractivity contribution in [3.63, 3.8) is 0 Å². The molecule has 1 amide bonds. The molecule has 1 fully saturated rings. The van der Waals surface area contributed by atoms with Crippen molar-refractivity contribution in [1.82, 2.24) is 4.90 Å². The van der Waals surface area contributed by atoms with Crippen molar-refractivity contribution < 1.29 is 13.9 Å². The summed E-state index contributed by atoms with van der Waals surface area (Å²) in [6, 6.07) is 3.64. The van der Waals surface area contributed by atoms with Crippen molar-refractivity contribution >= 4 is 11.8 Å². The number of carbonyl (C=O) groups is 1. The van der Waals surface area contributed by atoms with Gasteiger partial charge in [0, 0.05) is 25.3 Å². The SMILES string of the molecule is CC(C)(C)OC(=O)N1CCC(c2cc3c(cc2F)NCC3)CC1. The van der Waals surface area contributed by atoms with E-state index in [4.69, 9.17) is 4.74 Å². The van der Waals surface area contributed by atoms with Gasteiger partial charge >= 0.3 is 6.09 Å². The minimum atomic E-state index is -0.479. The minimum absolute atomic E-state index is 0.131. The van der Waals surface area contributed by atoms with Crippen molar-refractivity contribution in [3.05, 3.63) is 29.1 Å². The van der Waals surface area contributed by atoms with Crippen LogP contribution < -0.4 is 5.32 Å². The van der Waals surface area contributed by atoms with Gasteiger partial charge in [-0.05, 0) is 63.1 Å². The van der Waals surface area contributed by atoms with Crippen LogP contribution in [0.15, 0.2) is 12.1 Å². The van der Waals surface area contributed by atoms with Gasteiger partial charge in [-0.2, -0.15) is 0 Å². The van der Waals surface area contributed by atoms with Gasteiger partial charge in [0.05, 0.1) is 0 Å². The Kier molecular flexibility index (Phi) is 4.21. The predicted octanol–water partition coefficient (Wildman–Crippen LogP) is 3.91. The lowest BCUT2D eigenvalue weighted by atomic mass is 9.88. The highest BCUT2D eigenvalue weighted by Gasteiger charge is 2.29. The van der Waals surface area contributed by atoms with E-state index in [-0.39, 0.29) is 17.8 Å². The molecule has 0 spiro atoms. The van der Waals surface area contributed by atoms with Crippen LogP contribution in [0.1, 0.15) is 50.7 Å².